The number of carbonyl (C=O) groups is 3. The molecule has 0 spiro atoms. The molecule has 14 nitrogen and oxygen atoms in total. The van der Waals surface area contributed by atoms with Gasteiger partial charge in [0, 0.05) is 45.1 Å². The Labute approximate surface area is 260 Å². The number of aliphatic hydroxyl groups is 1. The topological polar surface area (TPSA) is 182 Å². The summed E-state index contributed by atoms with van der Waals surface area (Å²) in [4.78, 5) is 49.5. The fourth-order valence-corrected chi connectivity index (χ4v) is 5.49. The predicted molar refractivity (Wildman–Crippen MR) is 159 cm³/mol. The molecule has 5 heterocycles. The molecule has 2 aliphatic heterocycles. The minimum absolute atomic E-state index is 0.0370. The van der Waals surface area contributed by atoms with Gasteiger partial charge < -0.3 is 34.9 Å². The number of aliphatic hydroxyl groups excluding tert-OH is 1. The lowest BCUT2D eigenvalue weighted by Gasteiger charge is -2.40. The van der Waals surface area contributed by atoms with E-state index in [2.05, 4.69) is 25.9 Å². The van der Waals surface area contributed by atoms with Crippen LogP contribution in [0, 0.1) is 5.92 Å². The van der Waals surface area contributed by atoms with Crippen molar-refractivity contribution in [1.82, 2.24) is 20.2 Å². The first kappa shape index (κ1) is 32.7. The van der Waals surface area contributed by atoms with Gasteiger partial charge in [0.25, 0.3) is 5.91 Å². The number of alkyl halides is 3. The van der Waals surface area contributed by atoms with Crippen LogP contribution in [0.15, 0.2) is 35.1 Å². The van der Waals surface area contributed by atoms with Gasteiger partial charge in [-0.15, -0.1) is 0 Å². The van der Waals surface area contributed by atoms with E-state index >= 15 is 0 Å². The smallest absolute Gasteiger partial charge is 0.414 e. The minimum Gasteiger partial charge on any atom is -0.465 e. The highest BCUT2D eigenvalue weighted by atomic mass is 19.4. The van der Waals surface area contributed by atoms with Gasteiger partial charge in [0.1, 0.15) is 16.7 Å². The number of piperidine rings is 1. The van der Waals surface area contributed by atoms with Crippen LogP contribution in [-0.4, -0.2) is 93.3 Å². The number of nitrogens with one attached hydrogen (secondary N) is 3. The SMILES string of the molecule is CC(C)(C)OC(=O)Nc1oc2cc(CN3CC(O)C3)cnc2c1C(=O)Nc1cnccc1N1CC(NC(=O)O)CC(C(F)(F)F)C1. The summed E-state index contributed by atoms with van der Waals surface area (Å²) in [7, 11) is 0. The van der Waals surface area contributed by atoms with Crippen molar-refractivity contribution >= 4 is 46.5 Å². The summed E-state index contributed by atoms with van der Waals surface area (Å²) in [6.07, 6.45) is -3.66. The highest BCUT2D eigenvalue weighted by Gasteiger charge is 2.45. The molecular formula is C29H34F3N7O7. The second-order valence-electron chi connectivity index (χ2n) is 12.3. The third kappa shape index (κ3) is 7.77. The third-order valence-electron chi connectivity index (χ3n) is 7.40. The van der Waals surface area contributed by atoms with Gasteiger partial charge in [-0.2, -0.15) is 13.2 Å². The first-order chi connectivity index (χ1) is 21.6. The quantitative estimate of drug-likeness (QED) is 0.249. The molecule has 0 bridgehead atoms. The number of carboxylic acid groups (broad SMARTS) is 1. The largest absolute Gasteiger partial charge is 0.465 e. The summed E-state index contributed by atoms with van der Waals surface area (Å²) < 4.78 is 52.6. The minimum atomic E-state index is -4.59. The van der Waals surface area contributed by atoms with Crippen molar-refractivity contribution in [2.45, 2.75) is 57.7 Å². The molecule has 5 rings (SSSR count). The number of fused-ring (bicyclic) bond motifs is 1. The van der Waals surface area contributed by atoms with Crippen LogP contribution >= 0.6 is 0 Å². The van der Waals surface area contributed by atoms with Crippen LogP contribution in [0.2, 0.25) is 0 Å². The first-order valence-electron chi connectivity index (χ1n) is 14.4. The van der Waals surface area contributed by atoms with E-state index in [-0.39, 0.29) is 40.5 Å². The number of carbonyl (C=O) groups excluding carboxylic acids is 2. The van der Waals surface area contributed by atoms with Crippen molar-refractivity contribution in [2.24, 2.45) is 5.92 Å². The molecule has 5 N–H and O–H groups in total. The lowest BCUT2D eigenvalue weighted by atomic mass is 9.93. The van der Waals surface area contributed by atoms with Crippen LogP contribution in [0.3, 0.4) is 0 Å². The molecule has 0 aromatic carbocycles. The zero-order valence-corrected chi connectivity index (χ0v) is 25.2. The molecule has 0 saturated carbocycles. The van der Waals surface area contributed by atoms with Gasteiger partial charge in [0.15, 0.2) is 5.58 Å². The Morgan fingerprint density at radius 1 is 1.11 bits per heavy atom. The maximum atomic E-state index is 13.8. The Morgan fingerprint density at radius 2 is 1.85 bits per heavy atom. The van der Waals surface area contributed by atoms with E-state index in [0.29, 0.717) is 19.6 Å². The second kappa shape index (κ2) is 12.6. The van der Waals surface area contributed by atoms with Crippen LogP contribution < -0.4 is 20.9 Å². The molecule has 3 amide bonds. The Bertz CT molecular complexity index is 1620. The second-order valence-corrected chi connectivity index (χ2v) is 12.3. The van der Waals surface area contributed by atoms with Crippen molar-refractivity contribution in [3.8, 4) is 0 Å². The number of rotatable bonds is 7. The van der Waals surface area contributed by atoms with Gasteiger partial charge in [-0.3, -0.25) is 25.0 Å². The number of β-amino-alcohol motifs (C(OH)–C–C–N with tert-alkyl or cyclic N) is 1. The van der Waals surface area contributed by atoms with E-state index in [1.165, 1.54) is 29.6 Å². The van der Waals surface area contributed by atoms with E-state index in [0.717, 1.165) is 5.56 Å². The van der Waals surface area contributed by atoms with Crippen LogP contribution in [0.1, 0.15) is 43.1 Å². The molecule has 248 valence electrons. The van der Waals surface area contributed by atoms with Crippen molar-refractivity contribution < 1.29 is 46.9 Å². The molecule has 2 fully saturated rings. The van der Waals surface area contributed by atoms with Crippen molar-refractivity contribution in [3.05, 3.63) is 41.9 Å². The number of amides is 3. The zero-order chi connectivity index (χ0) is 33.4. The monoisotopic (exact) mass is 649 g/mol. The lowest BCUT2D eigenvalue weighted by molar-refractivity contribution is -0.177. The number of ether oxygens (including phenoxy) is 1. The summed E-state index contributed by atoms with van der Waals surface area (Å²) in [6, 6.07) is 2.03. The number of halogens is 3. The fraction of sp³-hybridized carbons (Fsp3) is 0.483. The number of aromatic nitrogens is 2. The van der Waals surface area contributed by atoms with Gasteiger partial charge in [0.05, 0.1) is 35.6 Å². The van der Waals surface area contributed by atoms with Crippen molar-refractivity contribution in [3.63, 3.8) is 0 Å². The summed E-state index contributed by atoms with van der Waals surface area (Å²) in [5, 5.41) is 26.0. The number of nitrogens with zero attached hydrogens (tertiary/aromatic N) is 4. The number of furan rings is 1. The molecule has 17 heteroatoms. The highest BCUT2D eigenvalue weighted by Crippen LogP contribution is 2.38. The van der Waals surface area contributed by atoms with Crippen LogP contribution in [0.4, 0.5) is 40.0 Å². The number of pyridine rings is 2. The Hall–Kier alpha value is -4.64. The van der Waals surface area contributed by atoms with Crippen molar-refractivity contribution in [2.75, 3.05) is 41.7 Å². The maximum Gasteiger partial charge on any atom is 0.414 e. The van der Waals surface area contributed by atoms with E-state index < -0.39 is 60.9 Å². The average molecular weight is 650 g/mol. The number of anilines is 3. The van der Waals surface area contributed by atoms with E-state index in [1.807, 2.05) is 4.90 Å². The van der Waals surface area contributed by atoms with Gasteiger partial charge in [-0.1, -0.05) is 0 Å². The average Bonchev–Trinajstić information content (AvgIpc) is 3.27. The molecule has 0 aliphatic carbocycles. The van der Waals surface area contributed by atoms with Gasteiger partial charge in [-0.05, 0) is 44.9 Å². The highest BCUT2D eigenvalue weighted by molar-refractivity contribution is 6.16. The Morgan fingerprint density at radius 3 is 2.50 bits per heavy atom. The number of likely N-dealkylation sites (tertiary alicyclic amines) is 1. The molecule has 2 saturated heterocycles. The Balaban J connectivity index is 1.46. The molecule has 0 radical (unpaired) electrons. The van der Waals surface area contributed by atoms with Gasteiger partial charge >= 0.3 is 18.4 Å². The molecule has 3 aromatic heterocycles. The molecule has 2 aliphatic rings. The molecule has 46 heavy (non-hydrogen) atoms. The third-order valence-corrected chi connectivity index (χ3v) is 7.40. The first-order valence-corrected chi connectivity index (χ1v) is 14.4. The van der Waals surface area contributed by atoms with Crippen LogP contribution in [0.25, 0.3) is 11.1 Å². The zero-order valence-electron chi connectivity index (χ0n) is 25.2. The molecule has 3 aromatic rings. The maximum absolute atomic E-state index is 13.8. The van der Waals surface area contributed by atoms with E-state index in [9.17, 15) is 37.8 Å². The summed E-state index contributed by atoms with van der Waals surface area (Å²) >= 11 is 0. The normalized spacial score (nSPS) is 19.4. The van der Waals surface area contributed by atoms with Crippen molar-refractivity contribution in [1.29, 1.82) is 0 Å². The lowest BCUT2D eigenvalue weighted by Crippen LogP contribution is -2.53. The fourth-order valence-electron chi connectivity index (χ4n) is 5.49. The molecule has 2 unspecified atom stereocenters. The van der Waals surface area contributed by atoms with Gasteiger partial charge in [0.2, 0.25) is 5.88 Å². The predicted octanol–water partition coefficient (Wildman–Crippen LogP) is 4.02. The summed E-state index contributed by atoms with van der Waals surface area (Å²) in [5.41, 5.74) is 0.180. The summed E-state index contributed by atoms with van der Waals surface area (Å²) in [6.45, 7) is 5.85. The number of hydrogen-bond donors (Lipinski definition) is 5. The summed E-state index contributed by atoms with van der Waals surface area (Å²) in [5.74, 6) is -2.91. The standard InChI is InChI=1S/C29H34F3N7O7/c1-28(2,3)46-27(44)37-25-22(23-21(45-25)6-15(8-34-23)10-38-13-18(40)14-38)24(41)36-19-9-33-5-4-20(19)39-11-16(29(30,31)32)7-17(12-39)35-26(42)43/h4-6,8-9,16-18,35,40H,7,10-14H2,1-3H3,(H,36,41)(H,37,44)(H,42,43). The number of hydrogen-bond acceptors (Lipinski definition) is 10. The molecular weight excluding hydrogens is 615 g/mol. The van der Waals surface area contributed by atoms with Gasteiger partial charge in [-0.25, -0.2) is 9.59 Å². The van der Waals surface area contributed by atoms with E-state index in [4.69, 9.17) is 9.15 Å². The van der Waals surface area contributed by atoms with E-state index in [1.54, 1.807) is 26.8 Å². The molecule has 2 atom stereocenters. The Kier molecular flexibility index (Phi) is 8.99. The van der Waals surface area contributed by atoms with Crippen LogP contribution in [0.5, 0.6) is 0 Å². The van der Waals surface area contributed by atoms with Crippen LogP contribution in [-0.2, 0) is 11.3 Å².